The molecular formula is C26H29N3O5. The zero-order valence-corrected chi connectivity index (χ0v) is 20.1. The van der Waals surface area contributed by atoms with E-state index in [0.29, 0.717) is 12.1 Å². The molecule has 0 aliphatic heterocycles. The molecule has 2 unspecified atom stereocenters. The number of anilines is 1. The Kier molecular flexibility index (Phi) is 5.58. The van der Waals surface area contributed by atoms with Gasteiger partial charge in [-0.05, 0) is 67.5 Å². The van der Waals surface area contributed by atoms with Gasteiger partial charge in [0.2, 0.25) is 5.91 Å². The fourth-order valence-electron chi connectivity index (χ4n) is 5.69. The van der Waals surface area contributed by atoms with Crippen molar-refractivity contribution in [1.29, 1.82) is 0 Å². The summed E-state index contributed by atoms with van der Waals surface area (Å²) < 4.78 is 0. The largest absolute Gasteiger partial charge is 0.365 e. The van der Waals surface area contributed by atoms with Crippen LogP contribution in [0, 0.1) is 40.2 Å². The van der Waals surface area contributed by atoms with E-state index in [1.807, 2.05) is 26.0 Å². The molecule has 8 nitrogen and oxygen atoms in total. The fraction of sp³-hybridized carbons (Fsp3) is 0.423. The zero-order valence-electron chi connectivity index (χ0n) is 20.1. The first-order valence-corrected chi connectivity index (χ1v) is 11.3. The normalized spacial score (nSPS) is 25.9. The topological polar surface area (TPSA) is 111 Å². The van der Waals surface area contributed by atoms with Gasteiger partial charge in [0.15, 0.2) is 0 Å². The van der Waals surface area contributed by atoms with Crippen molar-refractivity contribution in [2.75, 3.05) is 5.32 Å². The van der Waals surface area contributed by atoms with E-state index in [0.717, 1.165) is 29.7 Å². The van der Waals surface area contributed by atoms with Crippen LogP contribution in [0.2, 0.25) is 0 Å². The molecule has 0 saturated heterocycles. The molecular weight excluding hydrogens is 434 g/mol. The predicted molar refractivity (Wildman–Crippen MR) is 129 cm³/mol. The van der Waals surface area contributed by atoms with E-state index < -0.39 is 27.1 Å². The number of carbonyl (C=O) groups excluding carboxylic acids is 2. The van der Waals surface area contributed by atoms with Gasteiger partial charge in [-0.25, -0.2) is 4.79 Å². The SMILES string of the molecule is Cc1cc(C)cc(NC(=O)C23CCC(C)(C(=NOC(=O)c4ccc([N+](=O)[O-])cc4)C2)C3(C)C)c1. The summed E-state index contributed by atoms with van der Waals surface area (Å²) in [6.45, 7) is 10.2. The summed E-state index contributed by atoms with van der Waals surface area (Å²) in [7, 11) is 0. The number of nitrogens with zero attached hydrogens (tertiary/aromatic N) is 2. The molecule has 2 fully saturated rings. The van der Waals surface area contributed by atoms with Gasteiger partial charge in [-0.15, -0.1) is 0 Å². The van der Waals surface area contributed by atoms with Gasteiger partial charge < -0.3 is 10.2 Å². The van der Waals surface area contributed by atoms with Crippen LogP contribution in [0.4, 0.5) is 11.4 Å². The summed E-state index contributed by atoms with van der Waals surface area (Å²) in [5.41, 5.74) is 2.21. The average molecular weight is 464 g/mol. The summed E-state index contributed by atoms with van der Waals surface area (Å²) in [5.74, 6) is -0.738. The smallest absolute Gasteiger partial charge is 0.326 e. The maximum atomic E-state index is 13.6. The van der Waals surface area contributed by atoms with E-state index in [-0.39, 0.29) is 17.2 Å². The molecule has 2 saturated carbocycles. The molecule has 4 rings (SSSR count). The molecule has 2 atom stereocenters. The molecule has 2 aliphatic carbocycles. The highest BCUT2D eigenvalue weighted by molar-refractivity contribution is 6.06. The van der Waals surface area contributed by atoms with E-state index >= 15 is 0 Å². The number of hydrogen-bond acceptors (Lipinski definition) is 6. The van der Waals surface area contributed by atoms with Crippen LogP contribution < -0.4 is 5.32 Å². The minimum atomic E-state index is -0.694. The number of aryl methyl sites for hydroxylation is 2. The van der Waals surface area contributed by atoms with Gasteiger partial charge in [-0.3, -0.25) is 14.9 Å². The van der Waals surface area contributed by atoms with E-state index in [2.05, 4.69) is 37.3 Å². The van der Waals surface area contributed by atoms with Crippen LogP contribution in [-0.4, -0.2) is 22.5 Å². The monoisotopic (exact) mass is 463 g/mol. The standard InChI is InChI=1S/C26H29N3O5/c1-16-12-17(2)14-19(13-16)27-23(31)26-11-10-25(5,24(26,3)4)21(15-26)28-34-22(30)18-6-8-20(9-7-18)29(32)33/h6-9,12-14H,10-11,15H2,1-5H3,(H,27,31). The third-order valence-electron chi connectivity index (χ3n) is 8.20. The fourth-order valence-corrected chi connectivity index (χ4v) is 5.69. The van der Waals surface area contributed by atoms with E-state index in [4.69, 9.17) is 4.84 Å². The highest BCUT2D eigenvalue weighted by Crippen LogP contribution is 2.71. The zero-order chi connectivity index (χ0) is 24.9. The molecule has 2 bridgehead atoms. The summed E-state index contributed by atoms with van der Waals surface area (Å²) in [6.07, 6.45) is 1.89. The molecule has 178 valence electrons. The predicted octanol–water partition coefficient (Wildman–Crippen LogP) is 5.58. The Morgan fingerprint density at radius 3 is 2.24 bits per heavy atom. The molecule has 0 aromatic heterocycles. The van der Waals surface area contributed by atoms with Crippen LogP contribution in [0.1, 0.15) is 61.5 Å². The minimum Gasteiger partial charge on any atom is -0.326 e. The van der Waals surface area contributed by atoms with Crippen molar-refractivity contribution < 1.29 is 19.3 Å². The maximum absolute atomic E-state index is 13.6. The number of benzene rings is 2. The third-order valence-corrected chi connectivity index (χ3v) is 8.20. The Morgan fingerprint density at radius 2 is 1.65 bits per heavy atom. The Balaban J connectivity index is 1.57. The number of nitrogens with one attached hydrogen (secondary N) is 1. The van der Waals surface area contributed by atoms with Crippen LogP contribution in [0.5, 0.6) is 0 Å². The molecule has 34 heavy (non-hydrogen) atoms. The summed E-state index contributed by atoms with van der Waals surface area (Å²) in [4.78, 5) is 41.7. The van der Waals surface area contributed by atoms with Gasteiger partial charge >= 0.3 is 5.97 Å². The number of nitro benzene ring substituents is 1. The van der Waals surface area contributed by atoms with E-state index in [1.54, 1.807) is 0 Å². The number of oxime groups is 1. The number of nitro groups is 1. The van der Waals surface area contributed by atoms with Crippen molar-refractivity contribution in [3.05, 3.63) is 69.3 Å². The van der Waals surface area contributed by atoms with Gasteiger partial charge in [0.1, 0.15) is 0 Å². The van der Waals surface area contributed by atoms with Gasteiger partial charge in [-0.1, -0.05) is 32.0 Å². The molecule has 1 amide bonds. The lowest BCUT2D eigenvalue weighted by molar-refractivity contribution is -0.384. The number of non-ortho nitro benzene ring substituents is 1. The second-order valence-corrected chi connectivity index (χ2v) is 10.3. The van der Waals surface area contributed by atoms with Crippen LogP contribution in [0.3, 0.4) is 0 Å². The van der Waals surface area contributed by atoms with Crippen LogP contribution in [0.15, 0.2) is 47.6 Å². The molecule has 0 heterocycles. The summed E-state index contributed by atoms with van der Waals surface area (Å²) in [5, 5.41) is 18.2. The van der Waals surface area contributed by atoms with Crippen molar-refractivity contribution in [2.45, 2.75) is 53.9 Å². The lowest BCUT2D eigenvalue weighted by Crippen LogP contribution is -2.43. The van der Waals surface area contributed by atoms with E-state index in [9.17, 15) is 19.7 Å². The Hall–Kier alpha value is -3.55. The van der Waals surface area contributed by atoms with Crippen LogP contribution >= 0.6 is 0 Å². The van der Waals surface area contributed by atoms with Crippen molar-refractivity contribution in [2.24, 2.45) is 21.4 Å². The number of fused-ring (bicyclic) bond motifs is 2. The van der Waals surface area contributed by atoms with Crippen molar-refractivity contribution in [3.8, 4) is 0 Å². The van der Waals surface area contributed by atoms with Gasteiger partial charge in [0, 0.05) is 29.7 Å². The summed E-state index contributed by atoms with van der Waals surface area (Å²) in [6, 6.07) is 11.1. The highest BCUT2D eigenvalue weighted by atomic mass is 16.7. The Bertz CT molecular complexity index is 1200. The quantitative estimate of drug-likeness (QED) is 0.353. The number of amides is 1. The Labute approximate surface area is 198 Å². The van der Waals surface area contributed by atoms with Gasteiger partial charge in [-0.2, -0.15) is 0 Å². The highest BCUT2D eigenvalue weighted by Gasteiger charge is 2.71. The van der Waals surface area contributed by atoms with Crippen molar-refractivity contribution in [1.82, 2.24) is 0 Å². The molecule has 2 aromatic carbocycles. The molecule has 1 N–H and O–H groups in total. The van der Waals surface area contributed by atoms with Gasteiger partial charge in [0.05, 0.1) is 21.6 Å². The molecule has 2 aliphatic rings. The second-order valence-electron chi connectivity index (χ2n) is 10.3. The van der Waals surface area contributed by atoms with Crippen molar-refractivity contribution in [3.63, 3.8) is 0 Å². The molecule has 0 radical (unpaired) electrons. The number of carbonyl (C=O) groups is 2. The first kappa shape index (κ1) is 23.6. The van der Waals surface area contributed by atoms with Crippen LogP contribution in [0.25, 0.3) is 0 Å². The molecule has 2 aromatic rings. The van der Waals surface area contributed by atoms with Gasteiger partial charge in [0.25, 0.3) is 5.69 Å². The second kappa shape index (κ2) is 8.04. The number of rotatable bonds is 5. The van der Waals surface area contributed by atoms with Crippen molar-refractivity contribution >= 4 is 29.0 Å². The van der Waals surface area contributed by atoms with E-state index in [1.165, 1.54) is 24.3 Å². The first-order valence-electron chi connectivity index (χ1n) is 11.3. The minimum absolute atomic E-state index is 0.0434. The molecule has 0 spiro atoms. The van der Waals surface area contributed by atoms with Crippen LogP contribution in [-0.2, 0) is 9.63 Å². The lowest BCUT2D eigenvalue weighted by atomic mass is 9.64. The maximum Gasteiger partial charge on any atom is 0.365 e. The summed E-state index contributed by atoms with van der Waals surface area (Å²) >= 11 is 0. The molecule has 8 heteroatoms. The Morgan fingerprint density at radius 1 is 1.03 bits per heavy atom. The first-order chi connectivity index (χ1) is 15.9. The average Bonchev–Trinajstić information content (AvgIpc) is 3.07. The number of hydrogen-bond donors (Lipinski definition) is 1. The third kappa shape index (κ3) is 3.57. The lowest BCUT2D eigenvalue weighted by Gasteiger charge is -2.39.